The normalized spacial score (nSPS) is 13.2. The maximum atomic E-state index is 5.91. The van der Waals surface area contributed by atoms with E-state index in [-0.39, 0.29) is 0 Å². The number of alkyl halides is 2. The lowest BCUT2D eigenvalue weighted by Crippen LogP contribution is -2.10. The van der Waals surface area contributed by atoms with Crippen LogP contribution in [0.1, 0.15) is 245 Å². The zero-order chi connectivity index (χ0) is 39.8. The monoisotopic (exact) mass is 815 g/mol. The first-order valence-corrected chi connectivity index (χ1v) is 25.5. The first-order chi connectivity index (χ1) is 27.3. The lowest BCUT2D eigenvalue weighted by molar-refractivity contribution is -0.133. The van der Waals surface area contributed by atoms with Crippen LogP contribution in [0.3, 0.4) is 0 Å². The Morgan fingerprint density at radius 1 is 0.345 bits per heavy atom. The third-order valence-electron chi connectivity index (χ3n) is 11.3. The minimum absolute atomic E-state index is 0.329. The van der Waals surface area contributed by atoms with Crippen molar-refractivity contribution in [1.29, 1.82) is 0 Å². The van der Waals surface area contributed by atoms with Crippen LogP contribution >= 0.6 is 23.2 Å². The van der Waals surface area contributed by atoms with Gasteiger partial charge in [-0.25, -0.2) is 0 Å². The second-order valence-electron chi connectivity index (χ2n) is 16.6. The van der Waals surface area contributed by atoms with Crippen LogP contribution in [0.15, 0.2) is 24.3 Å². The van der Waals surface area contributed by atoms with Crippen molar-refractivity contribution in [2.75, 3.05) is 38.6 Å². The van der Waals surface area contributed by atoms with Crippen molar-refractivity contribution < 1.29 is 14.2 Å². The summed E-state index contributed by atoms with van der Waals surface area (Å²) in [4.78, 5) is 0. The standard InChI is InChI=1S/C50H96Cl2O3/c1-3-5-7-25-31-37-49(39-33-27-21-17-13-9-11-15-19-23-29-35-43-51)41-45-53-47-55-48-54-46-42-50(38-32-26-8-6-4-2)40-34-28-22-18-14-10-12-16-20-24-30-36-44-52/h33-34,39-40,49-50H,3-32,35-38,41-48H2,1-2H3. The van der Waals surface area contributed by atoms with Crippen LogP contribution in [0.2, 0.25) is 0 Å². The smallest absolute Gasteiger partial charge is 0.149 e. The molecule has 328 valence electrons. The molecular formula is C50H96Cl2O3. The fraction of sp³-hybridized carbons (Fsp3) is 0.920. The van der Waals surface area contributed by atoms with Gasteiger partial charge in [0, 0.05) is 25.0 Å². The van der Waals surface area contributed by atoms with E-state index in [0.29, 0.717) is 25.4 Å². The Hall–Kier alpha value is -0.0600. The van der Waals surface area contributed by atoms with E-state index in [1.165, 1.54) is 218 Å². The molecule has 2 atom stereocenters. The van der Waals surface area contributed by atoms with Crippen molar-refractivity contribution in [3.05, 3.63) is 24.3 Å². The lowest BCUT2D eigenvalue weighted by atomic mass is 9.96. The second-order valence-corrected chi connectivity index (χ2v) is 17.4. The minimum Gasteiger partial charge on any atom is -0.355 e. The summed E-state index contributed by atoms with van der Waals surface area (Å²) in [6.07, 6.45) is 57.6. The van der Waals surface area contributed by atoms with Crippen molar-refractivity contribution in [3.63, 3.8) is 0 Å². The average molecular weight is 816 g/mol. The summed E-state index contributed by atoms with van der Waals surface area (Å²) in [6.45, 7) is 6.77. The quantitative estimate of drug-likeness (QED) is 0.0265. The highest BCUT2D eigenvalue weighted by Gasteiger charge is 2.07. The molecule has 0 amide bonds. The highest BCUT2D eigenvalue weighted by atomic mass is 35.5. The Bertz CT molecular complexity index is 685. The first kappa shape index (κ1) is 54.9. The zero-order valence-electron chi connectivity index (χ0n) is 37.1. The van der Waals surface area contributed by atoms with Gasteiger partial charge in [0.2, 0.25) is 0 Å². The molecule has 55 heavy (non-hydrogen) atoms. The molecule has 0 aromatic carbocycles. The molecule has 0 saturated carbocycles. The molecule has 0 fully saturated rings. The SMILES string of the molecule is CCCCCCCC(C=CCCCCCCCCCCCCCl)CCOCOCOCCC(C=CCCCCCCCCCCCCCl)CCCCCCC. The molecule has 0 radical (unpaired) electrons. The van der Waals surface area contributed by atoms with Crippen LogP contribution in [0.5, 0.6) is 0 Å². The van der Waals surface area contributed by atoms with Gasteiger partial charge < -0.3 is 14.2 Å². The second kappa shape index (κ2) is 50.1. The summed E-state index contributed by atoms with van der Waals surface area (Å²) in [7, 11) is 0. The predicted molar refractivity (Wildman–Crippen MR) is 247 cm³/mol. The van der Waals surface area contributed by atoms with Crippen LogP contribution in [-0.2, 0) is 14.2 Å². The van der Waals surface area contributed by atoms with Crippen LogP contribution < -0.4 is 0 Å². The fourth-order valence-electron chi connectivity index (χ4n) is 7.55. The van der Waals surface area contributed by atoms with E-state index in [4.69, 9.17) is 37.4 Å². The molecule has 0 aliphatic heterocycles. The van der Waals surface area contributed by atoms with Crippen molar-refractivity contribution in [3.8, 4) is 0 Å². The Kier molecular flexibility index (Phi) is 50.0. The lowest BCUT2D eigenvalue weighted by Gasteiger charge is -2.14. The van der Waals surface area contributed by atoms with Gasteiger partial charge in [-0.15, -0.1) is 23.2 Å². The molecule has 0 aromatic rings. The molecule has 0 aliphatic carbocycles. The van der Waals surface area contributed by atoms with Gasteiger partial charge in [-0.3, -0.25) is 0 Å². The summed E-state index contributed by atoms with van der Waals surface area (Å²) in [6, 6.07) is 0. The summed E-state index contributed by atoms with van der Waals surface area (Å²) in [5, 5.41) is 0. The predicted octanol–water partition coefficient (Wildman–Crippen LogP) is 17.9. The maximum absolute atomic E-state index is 5.91. The van der Waals surface area contributed by atoms with Gasteiger partial charge in [0.1, 0.15) is 13.6 Å². The topological polar surface area (TPSA) is 27.7 Å². The molecule has 2 unspecified atom stereocenters. The zero-order valence-corrected chi connectivity index (χ0v) is 38.7. The van der Waals surface area contributed by atoms with Crippen molar-refractivity contribution >= 4 is 23.2 Å². The highest BCUT2D eigenvalue weighted by Crippen LogP contribution is 2.20. The van der Waals surface area contributed by atoms with E-state index in [1.54, 1.807) is 0 Å². The van der Waals surface area contributed by atoms with E-state index < -0.39 is 0 Å². The Morgan fingerprint density at radius 2 is 0.655 bits per heavy atom. The van der Waals surface area contributed by atoms with Crippen molar-refractivity contribution in [1.82, 2.24) is 0 Å². The molecule has 5 heteroatoms. The van der Waals surface area contributed by atoms with Gasteiger partial charge in [-0.1, -0.05) is 205 Å². The molecule has 0 saturated heterocycles. The van der Waals surface area contributed by atoms with Crippen LogP contribution in [0.4, 0.5) is 0 Å². The molecule has 0 spiro atoms. The molecule has 0 aromatic heterocycles. The minimum atomic E-state index is 0.329. The van der Waals surface area contributed by atoms with E-state index >= 15 is 0 Å². The number of hydrogen-bond acceptors (Lipinski definition) is 3. The highest BCUT2D eigenvalue weighted by molar-refractivity contribution is 6.18. The van der Waals surface area contributed by atoms with Gasteiger partial charge in [0.25, 0.3) is 0 Å². The molecule has 0 aliphatic rings. The van der Waals surface area contributed by atoms with Gasteiger partial charge in [0.15, 0.2) is 0 Å². The number of unbranched alkanes of at least 4 members (excludes halogenated alkanes) is 28. The summed E-state index contributed by atoms with van der Waals surface area (Å²) >= 11 is 11.6. The third-order valence-corrected chi connectivity index (χ3v) is 11.8. The van der Waals surface area contributed by atoms with E-state index in [0.717, 1.165) is 37.8 Å². The largest absolute Gasteiger partial charge is 0.355 e. The number of rotatable bonds is 48. The number of halogens is 2. The molecule has 0 bridgehead atoms. The summed E-state index contributed by atoms with van der Waals surface area (Å²) < 4.78 is 17.6. The molecular weight excluding hydrogens is 719 g/mol. The van der Waals surface area contributed by atoms with Gasteiger partial charge in [-0.05, 0) is 76.0 Å². The van der Waals surface area contributed by atoms with Gasteiger partial charge in [0.05, 0.1) is 0 Å². The molecule has 0 rings (SSSR count). The summed E-state index contributed by atoms with van der Waals surface area (Å²) in [5.41, 5.74) is 0. The third kappa shape index (κ3) is 46.5. The van der Waals surface area contributed by atoms with E-state index in [1.807, 2.05) is 0 Å². The molecule has 3 nitrogen and oxygen atoms in total. The number of allylic oxidation sites excluding steroid dienone is 4. The van der Waals surface area contributed by atoms with Crippen LogP contribution in [-0.4, -0.2) is 38.6 Å². The summed E-state index contributed by atoms with van der Waals surface area (Å²) in [5.74, 6) is 2.89. The van der Waals surface area contributed by atoms with E-state index in [9.17, 15) is 0 Å². The van der Waals surface area contributed by atoms with Crippen LogP contribution in [0, 0.1) is 11.8 Å². The van der Waals surface area contributed by atoms with Crippen molar-refractivity contribution in [2.24, 2.45) is 11.8 Å². The number of ether oxygens (including phenoxy) is 3. The Labute approximate surface area is 355 Å². The Balaban J connectivity index is 4.19. The van der Waals surface area contributed by atoms with Gasteiger partial charge in [-0.2, -0.15) is 0 Å². The molecule has 0 N–H and O–H groups in total. The van der Waals surface area contributed by atoms with Crippen LogP contribution in [0.25, 0.3) is 0 Å². The van der Waals surface area contributed by atoms with Crippen molar-refractivity contribution in [2.45, 2.75) is 245 Å². The molecule has 0 heterocycles. The Morgan fingerprint density at radius 3 is 1.00 bits per heavy atom. The average Bonchev–Trinajstić information content (AvgIpc) is 3.19. The fourth-order valence-corrected chi connectivity index (χ4v) is 7.93. The number of hydrogen-bond donors (Lipinski definition) is 0. The van der Waals surface area contributed by atoms with Gasteiger partial charge >= 0.3 is 0 Å². The van der Waals surface area contributed by atoms with E-state index in [2.05, 4.69) is 38.2 Å². The first-order valence-electron chi connectivity index (χ1n) is 24.5. The maximum Gasteiger partial charge on any atom is 0.149 e.